The maximum absolute atomic E-state index is 11.9. The van der Waals surface area contributed by atoms with Crippen LogP contribution in [0.1, 0.15) is 19.0 Å². The standard InChI is InChI=1S/C10H16N2O4S/c1-8(6-10(13)16-3)17(14,15)7-9-4-5-12(2)11-9/h4-5,8H,6-7H2,1-3H3. The number of methoxy groups -OCH3 is 1. The molecule has 0 aromatic carbocycles. The molecule has 1 heterocycles. The summed E-state index contributed by atoms with van der Waals surface area (Å²) in [6.45, 7) is 1.50. The summed E-state index contributed by atoms with van der Waals surface area (Å²) in [5.74, 6) is -0.687. The maximum Gasteiger partial charge on any atom is 0.306 e. The van der Waals surface area contributed by atoms with Gasteiger partial charge in [0, 0.05) is 13.2 Å². The fraction of sp³-hybridized carbons (Fsp3) is 0.600. The Balaban J connectivity index is 2.71. The van der Waals surface area contributed by atoms with Crippen molar-refractivity contribution in [2.24, 2.45) is 7.05 Å². The lowest BCUT2D eigenvalue weighted by atomic mass is 10.3. The van der Waals surface area contributed by atoms with Crippen LogP contribution in [0.15, 0.2) is 12.3 Å². The number of hydrogen-bond acceptors (Lipinski definition) is 5. The molecule has 0 aliphatic heterocycles. The number of aryl methyl sites for hydroxylation is 1. The third-order valence-electron chi connectivity index (χ3n) is 2.41. The molecule has 7 heteroatoms. The average molecular weight is 260 g/mol. The van der Waals surface area contributed by atoms with Gasteiger partial charge in [0.15, 0.2) is 9.84 Å². The lowest BCUT2D eigenvalue weighted by molar-refractivity contribution is -0.140. The zero-order valence-corrected chi connectivity index (χ0v) is 10.9. The molecule has 1 unspecified atom stereocenters. The first-order valence-electron chi connectivity index (χ1n) is 5.12. The van der Waals surface area contributed by atoms with E-state index in [1.165, 1.54) is 18.7 Å². The van der Waals surface area contributed by atoms with Crippen molar-refractivity contribution in [1.82, 2.24) is 9.78 Å². The molecule has 0 saturated heterocycles. The molecule has 1 aromatic heterocycles. The van der Waals surface area contributed by atoms with Gasteiger partial charge in [0.2, 0.25) is 0 Å². The van der Waals surface area contributed by atoms with Crippen molar-refractivity contribution >= 4 is 15.8 Å². The quantitative estimate of drug-likeness (QED) is 0.711. The normalized spacial score (nSPS) is 13.4. The molecular formula is C10H16N2O4S. The SMILES string of the molecule is COC(=O)CC(C)S(=O)(=O)Cc1ccn(C)n1. The van der Waals surface area contributed by atoms with Gasteiger partial charge in [-0.2, -0.15) is 5.10 Å². The van der Waals surface area contributed by atoms with E-state index in [-0.39, 0.29) is 12.2 Å². The zero-order chi connectivity index (χ0) is 13.1. The minimum Gasteiger partial charge on any atom is -0.469 e. The van der Waals surface area contributed by atoms with E-state index in [4.69, 9.17) is 0 Å². The monoisotopic (exact) mass is 260 g/mol. The van der Waals surface area contributed by atoms with Crippen LogP contribution in [0, 0.1) is 0 Å². The van der Waals surface area contributed by atoms with Gasteiger partial charge in [-0.3, -0.25) is 9.48 Å². The number of carbonyl (C=O) groups is 1. The molecule has 0 saturated carbocycles. The number of nitrogens with zero attached hydrogens (tertiary/aromatic N) is 2. The third kappa shape index (κ3) is 3.85. The summed E-state index contributed by atoms with van der Waals surface area (Å²) in [4.78, 5) is 11.0. The third-order valence-corrected chi connectivity index (χ3v) is 4.50. The first-order chi connectivity index (χ1) is 7.85. The van der Waals surface area contributed by atoms with Crippen LogP contribution in [-0.2, 0) is 32.2 Å². The highest BCUT2D eigenvalue weighted by Crippen LogP contribution is 2.12. The van der Waals surface area contributed by atoms with Gasteiger partial charge in [-0.15, -0.1) is 0 Å². The Morgan fingerprint density at radius 2 is 2.24 bits per heavy atom. The van der Waals surface area contributed by atoms with Crippen LogP contribution in [-0.4, -0.2) is 36.5 Å². The molecule has 0 aliphatic carbocycles. The average Bonchev–Trinajstić information content (AvgIpc) is 2.62. The minimum atomic E-state index is -3.38. The Hall–Kier alpha value is -1.37. The lowest BCUT2D eigenvalue weighted by Crippen LogP contribution is -2.23. The van der Waals surface area contributed by atoms with Gasteiger partial charge in [-0.1, -0.05) is 0 Å². The Labute approximate surface area is 100 Å². The second-order valence-corrected chi connectivity index (χ2v) is 6.30. The van der Waals surface area contributed by atoms with Gasteiger partial charge >= 0.3 is 5.97 Å². The Kier molecular flexibility index (Phi) is 4.28. The van der Waals surface area contributed by atoms with Gasteiger partial charge in [-0.25, -0.2) is 8.42 Å². The molecular weight excluding hydrogens is 244 g/mol. The summed E-state index contributed by atoms with van der Waals surface area (Å²) in [5, 5.41) is 3.23. The summed E-state index contributed by atoms with van der Waals surface area (Å²) >= 11 is 0. The van der Waals surface area contributed by atoms with E-state index in [0.29, 0.717) is 5.69 Å². The van der Waals surface area contributed by atoms with Crippen molar-refractivity contribution in [1.29, 1.82) is 0 Å². The van der Waals surface area contributed by atoms with E-state index in [0.717, 1.165) is 0 Å². The van der Waals surface area contributed by atoms with Crippen molar-refractivity contribution in [2.45, 2.75) is 24.3 Å². The number of ether oxygens (including phenoxy) is 1. The molecule has 0 radical (unpaired) electrons. The van der Waals surface area contributed by atoms with Crippen LogP contribution in [0.5, 0.6) is 0 Å². The fourth-order valence-electron chi connectivity index (χ4n) is 1.33. The van der Waals surface area contributed by atoms with Crippen molar-refractivity contribution in [2.75, 3.05) is 7.11 Å². The highest BCUT2D eigenvalue weighted by molar-refractivity contribution is 7.91. The van der Waals surface area contributed by atoms with Crippen LogP contribution in [0.2, 0.25) is 0 Å². The number of hydrogen-bond donors (Lipinski definition) is 0. The Morgan fingerprint density at radius 3 is 2.71 bits per heavy atom. The smallest absolute Gasteiger partial charge is 0.306 e. The first kappa shape index (κ1) is 13.7. The molecule has 0 amide bonds. The predicted octanol–water partition coefficient (Wildman–Crippen LogP) is 0.286. The largest absolute Gasteiger partial charge is 0.469 e. The van der Waals surface area contributed by atoms with Gasteiger partial charge < -0.3 is 4.74 Å². The van der Waals surface area contributed by atoms with Gasteiger partial charge in [-0.05, 0) is 13.0 Å². The number of esters is 1. The Morgan fingerprint density at radius 1 is 1.59 bits per heavy atom. The van der Waals surface area contributed by atoms with Gasteiger partial charge in [0.25, 0.3) is 0 Å². The van der Waals surface area contributed by atoms with E-state index < -0.39 is 21.1 Å². The zero-order valence-electron chi connectivity index (χ0n) is 10.1. The summed E-state index contributed by atoms with van der Waals surface area (Å²) in [7, 11) is -0.429. The summed E-state index contributed by atoms with van der Waals surface area (Å²) < 4.78 is 29.8. The molecule has 0 aliphatic rings. The first-order valence-corrected chi connectivity index (χ1v) is 6.83. The second-order valence-electron chi connectivity index (χ2n) is 3.88. The molecule has 1 aromatic rings. The highest BCUT2D eigenvalue weighted by atomic mass is 32.2. The van der Waals surface area contributed by atoms with Crippen LogP contribution in [0.25, 0.3) is 0 Å². The summed E-state index contributed by atoms with van der Waals surface area (Å²) in [6, 6.07) is 1.64. The van der Waals surface area contributed by atoms with Crippen LogP contribution in [0.3, 0.4) is 0 Å². The minimum absolute atomic E-state index is 0.133. The molecule has 0 fully saturated rings. The molecule has 0 spiro atoms. The molecule has 96 valence electrons. The molecule has 1 rings (SSSR count). The van der Waals surface area contributed by atoms with Crippen molar-refractivity contribution in [3.05, 3.63) is 18.0 Å². The van der Waals surface area contributed by atoms with Gasteiger partial charge in [0.1, 0.15) is 0 Å². The van der Waals surface area contributed by atoms with Crippen molar-refractivity contribution in [3.8, 4) is 0 Å². The lowest BCUT2D eigenvalue weighted by Gasteiger charge is -2.10. The van der Waals surface area contributed by atoms with E-state index >= 15 is 0 Å². The highest BCUT2D eigenvalue weighted by Gasteiger charge is 2.25. The summed E-state index contributed by atoms with van der Waals surface area (Å²) in [5.41, 5.74) is 0.476. The second kappa shape index (κ2) is 5.31. The number of rotatable bonds is 5. The topological polar surface area (TPSA) is 78.3 Å². The maximum atomic E-state index is 11.9. The van der Waals surface area contributed by atoms with E-state index in [1.807, 2.05) is 0 Å². The van der Waals surface area contributed by atoms with Crippen molar-refractivity contribution < 1.29 is 17.9 Å². The molecule has 6 nitrogen and oxygen atoms in total. The van der Waals surface area contributed by atoms with Gasteiger partial charge in [0.05, 0.1) is 30.2 Å². The van der Waals surface area contributed by atoms with E-state index in [2.05, 4.69) is 9.84 Å². The number of aromatic nitrogens is 2. The van der Waals surface area contributed by atoms with Crippen LogP contribution >= 0.6 is 0 Å². The number of sulfone groups is 1. The van der Waals surface area contributed by atoms with Crippen LogP contribution in [0.4, 0.5) is 0 Å². The predicted molar refractivity (Wildman–Crippen MR) is 61.9 cm³/mol. The van der Waals surface area contributed by atoms with E-state index in [1.54, 1.807) is 19.3 Å². The van der Waals surface area contributed by atoms with Crippen molar-refractivity contribution in [3.63, 3.8) is 0 Å². The fourth-order valence-corrected chi connectivity index (χ4v) is 2.57. The van der Waals surface area contributed by atoms with E-state index in [9.17, 15) is 13.2 Å². The molecule has 0 N–H and O–H groups in total. The Bertz CT molecular complexity index is 492. The molecule has 1 atom stereocenters. The van der Waals surface area contributed by atoms with Crippen LogP contribution < -0.4 is 0 Å². The number of carbonyl (C=O) groups excluding carboxylic acids is 1. The molecule has 17 heavy (non-hydrogen) atoms. The summed E-state index contributed by atoms with van der Waals surface area (Å²) in [6.07, 6.45) is 1.54. The molecule has 0 bridgehead atoms.